The van der Waals surface area contributed by atoms with E-state index in [1.54, 1.807) is 0 Å². The molecule has 3 aromatic rings. The van der Waals surface area contributed by atoms with Crippen molar-refractivity contribution in [1.82, 2.24) is 9.97 Å². The predicted octanol–water partition coefficient (Wildman–Crippen LogP) is 6.11. The molecule has 1 fully saturated rings. The van der Waals surface area contributed by atoms with E-state index in [4.69, 9.17) is 4.98 Å². The first-order valence-corrected chi connectivity index (χ1v) is 11.0. The lowest BCUT2D eigenvalue weighted by atomic mass is 9.70. The number of fused-ring (bicyclic) bond motifs is 1. The fourth-order valence-electron chi connectivity index (χ4n) is 4.78. The van der Waals surface area contributed by atoms with E-state index in [0.717, 1.165) is 41.3 Å². The van der Waals surface area contributed by atoms with Crippen molar-refractivity contribution in [2.24, 2.45) is 17.8 Å². The van der Waals surface area contributed by atoms with Crippen molar-refractivity contribution in [1.29, 1.82) is 0 Å². The minimum atomic E-state index is 0.0577. The first-order chi connectivity index (χ1) is 14.5. The van der Waals surface area contributed by atoms with Crippen molar-refractivity contribution >= 4 is 22.6 Å². The lowest BCUT2D eigenvalue weighted by Crippen LogP contribution is -2.28. The Morgan fingerprint density at radius 3 is 2.77 bits per heavy atom. The Labute approximate surface area is 178 Å². The number of imidazole rings is 1. The zero-order valence-electron chi connectivity index (χ0n) is 17.9. The van der Waals surface area contributed by atoms with Gasteiger partial charge in [0.25, 0.3) is 0 Å². The predicted molar refractivity (Wildman–Crippen MR) is 123 cm³/mol. The van der Waals surface area contributed by atoms with Gasteiger partial charge in [0.2, 0.25) is 5.91 Å². The van der Waals surface area contributed by atoms with Gasteiger partial charge in [-0.3, -0.25) is 4.79 Å². The number of H-pyrrole nitrogens is 1. The van der Waals surface area contributed by atoms with Crippen LogP contribution in [-0.2, 0) is 11.2 Å². The maximum Gasteiger partial charge on any atom is 0.224 e. The SMILES string of the molecule is C=C1CC(CC)CC(C)C1CC(=O)Nc1ccc2[nH]c(Cc3ccccc3)nc2c1. The van der Waals surface area contributed by atoms with Crippen LogP contribution in [0.3, 0.4) is 0 Å². The summed E-state index contributed by atoms with van der Waals surface area (Å²) in [6, 6.07) is 16.2. The van der Waals surface area contributed by atoms with E-state index in [9.17, 15) is 4.79 Å². The summed E-state index contributed by atoms with van der Waals surface area (Å²) in [4.78, 5) is 20.8. The molecule has 0 bridgehead atoms. The number of carbonyl (C=O) groups is 1. The lowest BCUT2D eigenvalue weighted by molar-refractivity contribution is -0.117. The molecule has 3 unspecified atom stereocenters. The van der Waals surface area contributed by atoms with E-state index in [1.165, 1.54) is 24.0 Å². The minimum Gasteiger partial charge on any atom is -0.342 e. The summed E-state index contributed by atoms with van der Waals surface area (Å²) in [6.07, 6.45) is 4.71. The Hall–Kier alpha value is -2.88. The van der Waals surface area contributed by atoms with Crippen LogP contribution >= 0.6 is 0 Å². The van der Waals surface area contributed by atoms with Gasteiger partial charge in [0, 0.05) is 18.5 Å². The summed E-state index contributed by atoms with van der Waals surface area (Å²) in [5, 5.41) is 3.07. The van der Waals surface area contributed by atoms with Crippen LogP contribution in [0.25, 0.3) is 11.0 Å². The largest absolute Gasteiger partial charge is 0.342 e. The van der Waals surface area contributed by atoms with Crippen LogP contribution in [0.2, 0.25) is 0 Å². The van der Waals surface area contributed by atoms with Crippen LogP contribution < -0.4 is 5.32 Å². The molecule has 1 saturated carbocycles. The summed E-state index contributed by atoms with van der Waals surface area (Å²) in [7, 11) is 0. The van der Waals surface area contributed by atoms with Crippen LogP contribution in [0, 0.1) is 17.8 Å². The van der Waals surface area contributed by atoms with Crippen molar-refractivity contribution in [2.45, 2.75) is 46.0 Å². The zero-order valence-corrected chi connectivity index (χ0v) is 17.9. The molecule has 1 aliphatic rings. The normalized spacial score (nSPS) is 21.7. The van der Waals surface area contributed by atoms with E-state index < -0.39 is 0 Å². The number of nitrogens with zero attached hydrogens (tertiary/aromatic N) is 1. The van der Waals surface area contributed by atoms with Crippen molar-refractivity contribution in [3.05, 3.63) is 72.1 Å². The van der Waals surface area contributed by atoms with Gasteiger partial charge in [0.15, 0.2) is 0 Å². The van der Waals surface area contributed by atoms with E-state index in [1.807, 2.05) is 36.4 Å². The molecular formula is C26H31N3O. The summed E-state index contributed by atoms with van der Waals surface area (Å²) in [6.45, 7) is 8.79. The van der Waals surface area contributed by atoms with Crippen LogP contribution in [0.1, 0.15) is 50.9 Å². The van der Waals surface area contributed by atoms with Gasteiger partial charge in [0.05, 0.1) is 11.0 Å². The summed E-state index contributed by atoms with van der Waals surface area (Å²) < 4.78 is 0. The van der Waals surface area contributed by atoms with Crippen molar-refractivity contribution in [2.75, 3.05) is 5.32 Å². The number of hydrogen-bond donors (Lipinski definition) is 2. The molecule has 4 rings (SSSR count). The molecule has 1 heterocycles. The molecule has 30 heavy (non-hydrogen) atoms. The Balaban J connectivity index is 1.41. The molecule has 4 heteroatoms. The maximum atomic E-state index is 12.7. The number of aromatic nitrogens is 2. The molecule has 1 aromatic heterocycles. The first-order valence-electron chi connectivity index (χ1n) is 11.0. The van der Waals surface area contributed by atoms with E-state index in [2.05, 4.69) is 42.9 Å². The van der Waals surface area contributed by atoms with E-state index in [-0.39, 0.29) is 11.8 Å². The van der Waals surface area contributed by atoms with Gasteiger partial charge in [-0.05, 0) is 54.4 Å². The Kier molecular flexibility index (Phi) is 6.03. The third-order valence-electron chi connectivity index (χ3n) is 6.48. The van der Waals surface area contributed by atoms with Crippen molar-refractivity contribution < 1.29 is 4.79 Å². The van der Waals surface area contributed by atoms with Crippen LogP contribution in [0.4, 0.5) is 5.69 Å². The molecule has 156 valence electrons. The molecule has 3 atom stereocenters. The second-order valence-electron chi connectivity index (χ2n) is 8.79. The summed E-state index contributed by atoms with van der Waals surface area (Å²) in [5.41, 5.74) is 5.12. The number of amides is 1. The van der Waals surface area contributed by atoms with Gasteiger partial charge in [-0.15, -0.1) is 0 Å². The molecule has 0 aliphatic heterocycles. The van der Waals surface area contributed by atoms with Gasteiger partial charge >= 0.3 is 0 Å². The number of carbonyl (C=O) groups excluding carboxylic acids is 1. The number of allylic oxidation sites excluding steroid dienone is 1. The highest BCUT2D eigenvalue weighted by Gasteiger charge is 2.31. The summed E-state index contributed by atoms with van der Waals surface area (Å²) in [5.74, 6) is 2.49. The smallest absolute Gasteiger partial charge is 0.224 e. The zero-order chi connectivity index (χ0) is 21.1. The van der Waals surface area contributed by atoms with Gasteiger partial charge in [-0.2, -0.15) is 0 Å². The standard InChI is InChI=1S/C26H31N3O/c1-4-19-12-17(2)22(18(3)13-19)16-26(30)27-21-10-11-23-24(15-21)29-25(28-23)14-20-8-6-5-7-9-20/h5-11,15,18-19,22H,2,4,12-14,16H2,1,3H3,(H,27,30)(H,28,29). The van der Waals surface area contributed by atoms with Gasteiger partial charge < -0.3 is 10.3 Å². The topological polar surface area (TPSA) is 57.8 Å². The molecule has 0 radical (unpaired) electrons. The van der Waals surface area contributed by atoms with Crippen LogP contribution in [0.5, 0.6) is 0 Å². The highest BCUT2D eigenvalue weighted by Crippen LogP contribution is 2.40. The quantitative estimate of drug-likeness (QED) is 0.490. The second kappa shape index (κ2) is 8.86. The average Bonchev–Trinajstić information content (AvgIpc) is 3.12. The second-order valence-corrected chi connectivity index (χ2v) is 8.79. The number of hydrogen-bond acceptors (Lipinski definition) is 2. The van der Waals surface area contributed by atoms with Gasteiger partial charge in [-0.1, -0.05) is 62.8 Å². The van der Waals surface area contributed by atoms with Crippen molar-refractivity contribution in [3.63, 3.8) is 0 Å². The Morgan fingerprint density at radius 2 is 2.03 bits per heavy atom. The highest BCUT2D eigenvalue weighted by atomic mass is 16.1. The van der Waals surface area contributed by atoms with Crippen molar-refractivity contribution in [3.8, 4) is 0 Å². The number of anilines is 1. The average molecular weight is 402 g/mol. The maximum absolute atomic E-state index is 12.7. The monoisotopic (exact) mass is 401 g/mol. The number of benzene rings is 2. The number of aromatic amines is 1. The fourth-order valence-corrected chi connectivity index (χ4v) is 4.78. The molecule has 4 nitrogen and oxygen atoms in total. The third-order valence-corrected chi connectivity index (χ3v) is 6.48. The molecular weight excluding hydrogens is 370 g/mol. The molecule has 1 amide bonds. The number of nitrogens with one attached hydrogen (secondary N) is 2. The van der Waals surface area contributed by atoms with E-state index in [0.29, 0.717) is 12.3 Å². The van der Waals surface area contributed by atoms with Crippen LogP contribution in [-0.4, -0.2) is 15.9 Å². The van der Waals surface area contributed by atoms with Gasteiger partial charge in [0.1, 0.15) is 5.82 Å². The van der Waals surface area contributed by atoms with E-state index >= 15 is 0 Å². The molecule has 2 aromatic carbocycles. The Bertz CT molecular complexity index is 1040. The lowest BCUT2D eigenvalue weighted by Gasteiger charge is -2.35. The molecule has 2 N–H and O–H groups in total. The van der Waals surface area contributed by atoms with Crippen LogP contribution in [0.15, 0.2) is 60.7 Å². The summed E-state index contributed by atoms with van der Waals surface area (Å²) >= 11 is 0. The highest BCUT2D eigenvalue weighted by molar-refractivity contribution is 5.93. The van der Waals surface area contributed by atoms with Gasteiger partial charge in [-0.25, -0.2) is 4.98 Å². The molecule has 0 spiro atoms. The third kappa shape index (κ3) is 4.64. The first kappa shape index (κ1) is 20.4. The Morgan fingerprint density at radius 1 is 1.23 bits per heavy atom. The molecule has 1 aliphatic carbocycles. The number of rotatable bonds is 6. The molecule has 0 saturated heterocycles. The minimum absolute atomic E-state index is 0.0577. The fraction of sp³-hybridized carbons (Fsp3) is 0.385.